The second kappa shape index (κ2) is 10.8. The van der Waals surface area contributed by atoms with E-state index in [0.717, 1.165) is 49.2 Å². The molecule has 1 atom stereocenters. The molecule has 0 aliphatic heterocycles. The van der Waals surface area contributed by atoms with Gasteiger partial charge in [-0.3, -0.25) is 10.1 Å². The maximum Gasteiger partial charge on any atom is 0.349 e. The number of esters is 1. The lowest BCUT2D eigenvalue weighted by atomic mass is 10.1. The molecule has 1 heterocycles. The molecule has 1 aromatic heterocycles. The van der Waals surface area contributed by atoms with Gasteiger partial charge in [0.05, 0.1) is 0 Å². The predicted molar refractivity (Wildman–Crippen MR) is 117 cm³/mol. The lowest BCUT2D eigenvalue weighted by Gasteiger charge is -2.15. The quantitative estimate of drug-likeness (QED) is 0.393. The largest absolute Gasteiger partial charge is 0.448 e. The topological polar surface area (TPSA) is 113 Å². The standard InChI is InChI=1S/C23H32N4O4/c1-14(2)13-27-15(3)10-18(16(27)4)11-19(12-24)22(29)31-17(5)21(28)26-23(30)25-20-8-6-7-9-20/h10-11,14,17,20H,6-9,13H2,1-5H3,(H2,25,26,28,30)/b19-11+. The van der Waals surface area contributed by atoms with Gasteiger partial charge in [0.25, 0.3) is 5.91 Å². The Morgan fingerprint density at radius 1 is 1.26 bits per heavy atom. The lowest BCUT2D eigenvalue weighted by molar-refractivity contribution is -0.150. The second-order valence-corrected chi connectivity index (χ2v) is 8.49. The minimum absolute atomic E-state index is 0.0634. The van der Waals surface area contributed by atoms with Crippen LogP contribution in [0.4, 0.5) is 4.79 Å². The number of nitriles is 1. The Hall–Kier alpha value is -3.08. The highest BCUT2D eigenvalue weighted by Crippen LogP contribution is 2.20. The first-order valence-electron chi connectivity index (χ1n) is 10.7. The van der Waals surface area contributed by atoms with E-state index in [-0.39, 0.29) is 11.6 Å². The highest BCUT2D eigenvalue weighted by molar-refractivity contribution is 6.01. The maximum atomic E-state index is 12.4. The van der Waals surface area contributed by atoms with Crippen LogP contribution in [0.15, 0.2) is 11.6 Å². The summed E-state index contributed by atoms with van der Waals surface area (Å²) in [5.74, 6) is -1.20. The Balaban J connectivity index is 2.01. The highest BCUT2D eigenvalue weighted by Gasteiger charge is 2.24. The van der Waals surface area contributed by atoms with Gasteiger partial charge in [0.1, 0.15) is 11.6 Å². The number of nitrogens with zero attached hydrogens (tertiary/aromatic N) is 2. The molecule has 1 aromatic rings. The van der Waals surface area contributed by atoms with Crippen molar-refractivity contribution in [3.8, 4) is 6.07 Å². The number of imide groups is 1. The molecule has 0 radical (unpaired) electrons. The van der Waals surface area contributed by atoms with Gasteiger partial charge < -0.3 is 14.6 Å². The van der Waals surface area contributed by atoms with Crippen LogP contribution >= 0.6 is 0 Å². The van der Waals surface area contributed by atoms with E-state index in [2.05, 4.69) is 29.0 Å². The molecule has 1 unspecified atom stereocenters. The number of hydrogen-bond donors (Lipinski definition) is 2. The number of nitrogens with one attached hydrogen (secondary N) is 2. The molecule has 2 rings (SSSR count). The third kappa shape index (κ3) is 6.71. The number of hydrogen-bond acceptors (Lipinski definition) is 5. The first-order chi connectivity index (χ1) is 14.6. The molecule has 1 aliphatic rings. The Morgan fingerprint density at radius 3 is 2.48 bits per heavy atom. The number of rotatable bonds is 7. The molecule has 1 aliphatic carbocycles. The Morgan fingerprint density at radius 2 is 1.90 bits per heavy atom. The summed E-state index contributed by atoms with van der Waals surface area (Å²) in [5.41, 5.74) is 2.52. The molecule has 0 saturated heterocycles. The van der Waals surface area contributed by atoms with E-state index in [4.69, 9.17) is 4.74 Å². The zero-order valence-corrected chi connectivity index (χ0v) is 18.9. The molecule has 3 amide bonds. The van der Waals surface area contributed by atoms with Crippen LogP contribution in [0.3, 0.4) is 0 Å². The Kier molecular flexibility index (Phi) is 8.43. The third-order valence-electron chi connectivity index (χ3n) is 5.38. The maximum absolute atomic E-state index is 12.4. The zero-order valence-electron chi connectivity index (χ0n) is 18.9. The highest BCUT2D eigenvalue weighted by atomic mass is 16.5. The van der Waals surface area contributed by atoms with Crippen molar-refractivity contribution in [2.24, 2.45) is 5.92 Å². The van der Waals surface area contributed by atoms with Gasteiger partial charge in [0, 0.05) is 24.0 Å². The average Bonchev–Trinajstić information content (AvgIpc) is 3.29. The minimum Gasteiger partial charge on any atom is -0.448 e. The van der Waals surface area contributed by atoms with E-state index in [1.54, 1.807) is 0 Å². The molecule has 0 spiro atoms. The van der Waals surface area contributed by atoms with Gasteiger partial charge >= 0.3 is 12.0 Å². The third-order valence-corrected chi connectivity index (χ3v) is 5.38. The van der Waals surface area contributed by atoms with Crippen LogP contribution in [-0.4, -0.2) is 34.6 Å². The van der Waals surface area contributed by atoms with Crippen LogP contribution in [0.2, 0.25) is 0 Å². The van der Waals surface area contributed by atoms with Gasteiger partial charge in [-0.25, -0.2) is 9.59 Å². The molecule has 8 nitrogen and oxygen atoms in total. The molecule has 0 aromatic carbocycles. The summed E-state index contributed by atoms with van der Waals surface area (Å²) in [6.45, 7) is 10.3. The molecule has 168 valence electrons. The van der Waals surface area contributed by atoms with Crippen LogP contribution in [0.1, 0.15) is 63.4 Å². The van der Waals surface area contributed by atoms with Gasteiger partial charge in [0.15, 0.2) is 6.10 Å². The fraction of sp³-hybridized carbons (Fsp3) is 0.565. The summed E-state index contributed by atoms with van der Waals surface area (Å²) in [6.07, 6.45) is 4.14. The lowest BCUT2D eigenvalue weighted by Crippen LogP contribution is -2.47. The van der Waals surface area contributed by atoms with Gasteiger partial charge in [0.2, 0.25) is 0 Å². The van der Waals surface area contributed by atoms with E-state index in [0.29, 0.717) is 5.92 Å². The fourth-order valence-electron chi connectivity index (χ4n) is 3.70. The van der Waals surface area contributed by atoms with E-state index in [9.17, 15) is 19.6 Å². The Labute approximate surface area is 183 Å². The minimum atomic E-state index is -1.22. The van der Waals surface area contributed by atoms with Crippen molar-refractivity contribution < 1.29 is 19.1 Å². The van der Waals surface area contributed by atoms with Crippen molar-refractivity contribution in [3.05, 3.63) is 28.6 Å². The Bertz CT molecular complexity index is 901. The number of aromatic nitrogens is 1. The van der Waals surface area contributed by atoms with Gasteiger partial charge in [-0.2, -0.15) is 5.26 Å². The first kappa shape index (κ1) is 24.2. The molecule has 31 heavy (non-hydrogen) atoms. The molecule has 1 saturated carbocycles. The number of carbonyl (C=O) groups is 3. The van der Waals surface area contributed by atoms with Crippen LogP contribution in [-0.2, 0) is 20.9 Å². The van der Waals surface area contributed by atoms with Crippen LogP contribution in [0.5, 0.6) is 0 Å². The van der Waals surface area contributed by atoms with Crippen LogP contribution < -0.4 is 10.6 Å². The van der Waals surface area contributed by atoms with Crippen LogP contribution in [0.25, 0.3) is 6.08 Å². The zero-order chi connectivity index (χ0) is 23.1. The molecule has 2 N–H and O–H groups in total. The summed E-state index contributed by atoms with van der Waals surface area (Å²) in [7, 11) is 0. The smallest absolute Gasteiger partial charge is 0.349 e. The van der Waals surface area contributed by atoms with Gasteiger partial charge in [-0.15, -0.1) is 0 Å². The number of urea groups is 1. The van der Waals surface area contributed by atoms with Crippen molar-refractivity contribution >= 4 is 24.0 Å². The fourth-order valence-corrected chi connectivity index (χ4v) is 3.70. The van der Waals surface area contributed by atoms with E-state index < -0.39 is 24.0 Å². The SMILES string of the molecule is Cc1cc(/C=C(\C#N)C(=O)OC(C)C(=O)NC(=O)NC2CCCC2)c(C)n1CC(C)C. The molecular formula is C23H32N4O4. The van der Waals surface area contributed by atoms with E-state index >= 15 is 0 Å². The van der Waals surface area contributed by atoms with E-state index in [1.165, 1.54) is 13.0 Å². The molecule has 0 bridgehead atoms. The van der Waals surface area contributed by atoms with Crippen molar-refractivity contribution in [1.29, 1.82) is 5.26 Å². The van der Waals surface area contributed by atoms with Crippen molar-refractivity contribution in [2.75, 3.05) is 0 Å². The monoisotopic (exact) mass is 428 g/mol. The molecular weight excluding hydrogens is 396 g/mol. The summed E-state index contributed by atoms with van der Waals surface area (Å²) < 4.78 is 7.26. The van der Waals surface area contributed by atoms with Crippen LogP contribution in [0, 0.1) is 31.1 Å². The summed E-state index contributed by atoms with van der Waals surface area (Å²) in [4.78, 5) is 36.5. The van der Waals surface area contributed by atoms with Gasteiger partial charge in [-0.1, -0.05) is 26.7 Å². The van der Waals surface area contributed by atoms with Crippen molar-refractivity contribution in [3.63, 3.8) is 0 Å². The average molecular weight is 429 g/mol. The van der Waals surface area contributed by atoms with Gasteiger partial charge in [-0.05, 0) is 57.2 Å². The van der Waals surface area contributed by atoms with E-state index in [1.807, 2.05) is 26.0 Å². The predicted octanol–water partition coefficient (Wildman–Crippen LogP) is 3.37. The van der Waals surface area contributed by atoms with Crippen molar-refractivity contribution in [2.45, 2.75) is 79.0 Å². The molecule has 1 fully saturated rings. The normalized spacial score (nSPS) is 15.5. The second-order valence-electron chi connectivity index (χ2n) is 8.49. The summed E-state index contributed by atoms with van der Waals surface area (Å²) >= 11 is 0. The summed E-state index contributed by atoms with van der Waals surface area (Å²) in [5, 5.41) is 14.4. The number of carbonyl (C=O) groups excluding carboxylic acids is 3. The number of aryl methyl sites for hydroxylation is 1. The van der Waals surface area contributed by atoms with Crippen molar-refractivity contribution in [1.82, 2.24) is 15.2 Å². The summed E-state index contributed by atoms with van der Waals surface area (Å²) in [6, 6.07) is 3.22. The number of amides is 3. The number of ether oxygens (including phenoxy) is 1. The molecule has 8 heteroatoms. The first-order valence-corrected chi connectivity index (χ1v) is 10.7.